The topological polar surface area (TPSA) is 72.2 Å². The highest BCUT2D eigenvalue weighted by atomic mass is 35.5. The van der Waals surface area contributed by atoms with Crippen LogP contribution in [0.4, 0.5) is 10.1 Å². The van der Waals surface area contributed by atoms with Gasteiger partial charge in [0.15, 0.2) is 0 Å². The van der Waals surface area contributed by atoms with Crippen LogP contribution in [-0.2, 0) is 0 Å². The van der Waals surface area contributed by atoms with E-state index in [-0.39, 0.29) is 16.6 Å². The number of carbonyl (C=O) groups is 1. The molecule has 19 heavy (non-hydrogen) atoms. The van der Waals surface area contributed by atoms with E-state index in [0.717, 1.165) is 24.6 Å². The first kappa shape index (κ1) is 15.4. The van der Waals surface area contributed by atoms with Crippen molar-refractivity contribution in [2.45, 2.75) is 25.1 Å². The van der Waals surface area contributed by atoms with E-state index in [1.807, 2.05) is 6.92 Å². The number of non-ortho nitro benzene ring substituents is 1. The highest BCUT2D eigenvalue weighted by Gasteiger charge is 2.16. The second-order valence-corrected chi connectivity index (χ2v) is 4.59. The van der Waals surface area contributed by atoms with Gasteiger partial charge in [-0.3, -0.25) is 14.9 Å². The van der Waals surface area contributed by atoms with Crippen molar-refractivity contribution in [3.8, 4) is 0 Å². The average Bonchev–Trinajstić information content (AvgIpc) is 2.37. The summed E-state index contributed by atoms with van der Waals surface area (Å²) in [5, 5.41) is 12.9. The molecule has 1 aromatic carbocycles. The molecule has 1 amide bonds. The number of carbonyl (C=O) groups excluding carboxylic acids is 1. The lowest BCUT2D eigenvalue weighted by Crippen LogP contribution is -2.26. The van der Waals surface area contributed by atoms with Gasteiger partial charge in [-0.2, -0.15) is 0 Å². The number of alkyl halides is 1. The average molecular weight is 289 g/mol. The van der Waals surface area contributed by atoms with Crippen LogP contribution in [0.25, 0.3) is 0 Å². The van der Waals surface area contributed by atoms with Crippen LogP contribution in [0, 0.1) is 15.9 Å². The van der Waals surface area contributed by atoms with Crippen LogP contribution in [0.5, 0.6) is 0 Å². The van der Waals surface area contributed by atoms with Crippen LogP contribution in [0.3, 0.4) is 0 Å². The quantitative estimate of drug-likeness (QED) is 0.497. The molecule has 0 saturated heterocycles. The summed E-state index contributed by atoms with van der Waals surface area (Å²) in [4.78, 5) is 21.4. The smallest absolute Gasteiger partial charge is 0.272 e. The summed E-state index contributed by atoms with van der Waals surface area (Å²) in [5.41, 5.74) is -0.603. The molecule has 0 fully saturated rings. The second-order valence-electron chi connectivity index (χ2n) is 3.97. The Morgan fingerprint density at radius 1 is 1.58 bits per heavy atom. The number of nitro groups is 1. The van der Waals surface area contributed by atoms with E-state index in [1.165, 1.54) is 0 Å². The molecule has 1 N–H and O–H groups in total. The van der Waals surface area contributed by atoms with Crippen molar-refractivity contribution in [2.75, 3.05) is 6.54 Å². The zero-order valence-corrected chi connectivity index (χ0v) is 11.1. The van der Waals surface area contributed by atoms with Crippen LogP contribution in [-0.4, -0.2) is 22.8 Å². The van der Waals surface area contributed by atoms with Gasteiger partial charge < -0.3 is 5.32 Å². The number of benzene rings is 1. The molecule has 104 valence electrons. The lowest BCUT2D eigenvalue weighted by molar-refractivity contribution is -0.385. The molecule has 1 unspecified atom stereocenters. The van der Waals surface area contributed by atoms with Gasteiger partial charge in [-0.25, -0.2) is 4.39 Å². The molecule has 1 aromatic rings. The highest BCUT2D eigenvalue weighted by Crippen LogP contribution is 2.16. The molecule has 1 atom stereocenters. The summed E-state index contributed by atoms with van der Waals surface area (Å²) in [6.45, 7) is 2.26. The van der Waals surface area contributed by atoms with E-state index < -0.39 is 16.6 Å². The number of nitro benzene ring substituents is 1. The Morgan fingerprint density at radius 2 is 2.26 bits per heavy atom. The molecule has 1 rings (SSSR count). The van der Waals surface area contributed by atoms with Gasteiger partial charge in [0.2, 0.25) is 0 Å². The van der Waals surface area contributed by atoms with Crippen molar-refractivity contribution in [3.05, 3.63) is 39.7 Å². The molecular weight excluding hydrogens is 275 g/mol. The van der Waals surface area contributed by atoms with Crippen LogP contribution in [0.15, 0.2) is 18.2 Å². The predicted octanol–water partition coefficient (Wildman–Crippen LogP) is 2.87. The Hall–Kier alpha value is -1.69. The number of amides is 1. The molecule has 0 saturated carbocycles. The van der Waals surface area contributed by atoms with Crippen LogP contribution >= 0.6 is 11.6 Å². The fourth-order valence-corrected chi connectivity index (χ4v) is 1.55. The molecule has 0 aliphatic carbocycles. The number of nitrogens with one attached hydrogen (secondary N) is 1. The summed E-state index contributed by atoms with van der Waals surface area (Å²) in [6.07, 6.45) is 1.36. The van der Waals surface area contributed by atoms with Crippen molar-refractivity contribution in [1.82, 2.24) is 5.32 Å². The Labute approximate surface area is 114 Å². The SMILES string of the molecule is CCC(Cl)CCNC(=O)c1ccc([N+](=O)[O-])cc1F. The third kappa shape index (κ3) is 4.48. The van der Waals surface area contributed by atoms with Gasteiger partial charge in [-0.05, 0) is 18.9 Å². The van der Waals surface area contributed by atoms with Crippen molar-refractivity contribution < 1.29 is 14.1 Å². The molecule has 0 radical (unpaired) electrons. The first-order valence-electron chi connectivity index (χ1n) is 5.82. The van der Waals surface area contributed by atoms with E-state index in [2.05, 4.69) is 5.32 Å². The minimum Gasteiger partial charge on any atom is -0.352 e. The molecule has 7 heteroatoms. The fraction of sp³-hybridized carbons (Fsp3) is 0.417. The van der Waals surface area contributed by atoms with Gasteiger partial charge >= 0.3 is 0 Å². The summed E-state index contributed by atoms with van der Waals surface area (Å²) in [5.74, 6) is -1.52. The number of rotatable bonds is 6. The van der Waals surface area contributed by atoms with Crippen molar-refractivity contribution in [1.29, 1.82) is 0 Å². The zero-order valence-electron chi connectivity index (χ0n) is 10.4. The third-order valence-electron chi connectivity index (χ3n) is 2.59. The van der Waals surface area contributed by atoms with Crippen molar-refractivity contribution >= 4 is 23.2 Å². The maximum atomic E-state index is 13.5. The first-order valence-corrected chi connectivity index (χ1v) is 6.25. The summed E-state index contributed by atoms with van der Waals surface area (Å²) in [6, 6.07) is 2.92. The van der Waals surface area contributed by atoms with Gasteiger partial charge in [0.25, 0.3) is 11.6 Å². The Kier molecular flexibility index (Phi) is 5.69. The maximum Gasteiger partial charge on any atom is 0.272 e. The largest absolute Gasteiger partial charge is 0.352 e. The fourth-order valence-electron chi connectivity index (χ4n) is 1.44. The molecule has 5 nitrogen and oxygen atoms in total. The van der Waals surface area contributed by atoms with Gasteiger partial charge in [0.05, 0.1) is 16.6 Å². The summed E-state index contributed by atoms with van der Waals surface area (Å²) in [7, 11) is 0. The third-order valence-corrected chi connectivity index (χ3v) is 3.12. The van der Waals surface area contributed by atoms with Gasteiger partial charge in [-0.1, -0.05) is 6.92 Å². The predicted molar refractivity (Wildman–Crippen MR) is 69.9 cm³/mol. The number of halogens is 2. The monoisotopic (exact) mass is 288 g/mol. The van der Waals surface area contributed by atoms with E-state index in [4.69, 9.17) is 11.6 Å². The molecule has 0 spiro atoms. The van der Waals surface area contributed by atoms with Gasteiger partial charge in [0, 0.05) is 18.0 Å². The van der Waals surface area contributed by atoms with Crippen LogP contribution in [0.2, 0.25) is 0 Å². The molecule has 0 aromatic heterocycles. The van der Waals surface area contributed by atoms with E-state index >= 15 is 0 Å². The Bertz CT molecular complexity index is 482. The minimum absolute atomic E-state index is 0.0398. The second kappa shape index (κ2) is 7.04. The number of hydrogen-bond donors (Lipinski definition) is 1. The lowest BCUT2D eigenvalue weighted by atomic mass is 10.1. The minimum atomic E-state index is -0.912. The Balaban J connectivity index is 2.65. The highest BCUT2D eigenvalue weighted by molar-refractivity contribution is 6.20. The number of hydrogen-bond acceptors (Lipinski definition) is 3. The zero-order chi connectivity index (χ0) is 14.4. The summed E-state index contributed by atoms with van der Waals surface area (Å²) < 4.78 is 13.5. The van der Waals surface area contributed by atoms with Crippen LogP contribution in [0.1, 0.15) is 30.1 Å². The Morgan fingerprint density at radius 3 is 2.79 bits per heavy atom. The van der Waals surface area contributed by atoms with E-state index in [0.29, 0.717) is 13.0 Å². The molecule has 0 heterocycles. The van der Waals surface area contributed by atoms with Crippen molar-refractivity contribution in [3.63, 3.8) is 0 Å². The maximum absolute atomic E-state index is 13.5. The number of nitrogens with zero attached hydrogens (tertiary/aromatic N) is 1. The van der Waals surface area contributed by atoms with Gasteiger partial charge in [0.1, 0.15) is 5.82 Å². The molecule has 0 aliphatic heterocycles. The molecule has 0 bridgehead atoms. The summed E-state index contributed by atoms with van der Waals surface area (Å²) >= 11 is 5.88. The standard InChI is InChI=1S/C12H14ClFN2O3/c1-2-8(13)5-6-15-12(17)10-4-3-9(16(18)19)7-11(10)14/h3-4,7-8H,2,5-6H2,1H3,(H,15,17). The van der Waals surface area contributed by atoms with Crippen LogP contribution < -0.4 is 5.32 Å². The first-order chi connectivity index (χ1) is 8.95. The van der Waals surface area contributed by atoms with E-state index in [9.17, 15) is 19.3 Å². The molecular formula is C12H14ClFN2O3. The normalized spacial score (nSPS) is 11.9. The van der Waals surface area contributed by atoms with E-state index in [1.54, 1.807) is 0 Å². The lowest BCUT2D eigenvalue weighted by Gasteiger charge is -2.08. The van der Waals surface area contributed by atoms with Crippen molar-refractivity contribution in [2.24, 2.45) is 0 Å². The van der Waals surface area contributed by atoms with Gasteiger partial charge in [-0.15, -0.1) is 11.6 Å². The molecule has 0 aliphatic rings.